The first-order valence-electron chi connectivity index (χ1n) is 10.1. The van der Waals surface area contributed by atoms with Gasteiger partial charge in [0.25, 0.3) is 0 Å². The Balaban J connectivity index is 1.61. The van der Waals surface area contributed by atoms with E-state index in [4.69, 9.17) is 0 Å². The summed E-state index contributed by atoms with van der Waals surface area (Å²) >= 11 is 1.28. The van der Waals surface area contributed by atoms with Gasteiger partial charge in [-0.3, -0.25) is 9.36 Å². The van der Waals surface area contributed by atoms with Crippen LogP contribution in [0, 0.1) is 6.92 Å². The van der Waals surface area contributed by atoms with Crippen LogP contribution in [0.4, 0.5) is 0 Å². The largest absolute Gasteiger partial charge is 0.342 e. The Morgan fingerprint density at radius 1 is 1.00 bits per heavy atom. The van der Waals surface area contributed by atoms with Crippen molar-refractivity contribution in [3.05, 3.63) is 66.0 Å². The first-order chi connectivity index (χ1) is 14.9. The Morgan fingerprint density at radius 2 is 1.68 bits per heavy atom. The maximum absolute atomic E-state index is 13.0. The van der Waals surface area contributed by atoms with Crippen molar-refractivity contribution in [2.24, 2.45) is 0 Å². The predicted molar refractivity (Wildman–Crippen MR) is 120 cm³/mol. The van der Waals surface area contributed by atoms with Crippen molar-refractivity contribution >= 4 is 27.5 Å². The van der Waals surface area contributed by atoms with Crippen molar-refractivity contribution in [3.8, 4) is 5.69 Å². The van der Waals surface area contributed by atoms with E-state index in [1.807, 2.05) is 42.2 Å². The van der Waals surface area contributed by atoms with Crippen LogP contribution in [0.15, 0.2) is 64.6 Å². The van der Waals surface area contributed by atoms with Crippen molar-refractivity contribution in [2.75, 3.05) is 18.8 Å². The van der Waals surface area contributed by atoms with Crippen molar-refractivity contribution in [1.82, 2.24) is 19.7 Å². The molecule has 0 unspecified atom stereocenters. The number of nitrogens with zero attached hydrogens (tertiary/aromatic N) is 4. The number of sulfone groups is 1. The Morgan fingerprint density at radius 3 is 2.35 bits per heavy atom. The summed E-state index contributed by atoms with van der Waals surface area (Å²) in [7, 11) is -3.60. The topological polar surface area (TPSA) is 85.2 Å². The first kappa shape index (κ1) is 21.6. The molecule has 1 fully saturated rings. The summed E-state index contributed by atoms with van der Waals surface area (Å²) in [6.45, 7) is 3.50. The van der Waals surface area contributed by atoms with Gasteiger partial charge in [-0.25, -0.2) is 8.42 Å². The number of aromatic nitrogens is 3. The molecular formula is C22H24N4O3S2. The maximum Gasteiger partial charge on any atom is 0.233 e. The average molecular weight is 457 g/mol. The molecule has 0 radical (unpaired) electrons. The molecule has 31 heavy (non-hydrogen) atoms. The lowest BCUT2D eigenvalue weighted by molar-refractivity contribution is -0.127. The van der Waals surface area contributed by atoms with Gasteiger partial charge in [-0.15, -0.1) is 10.2 Å². The van der Waals surface area contributed by atoms with Crippen molar-refractivity contribution in [3.63, 3.8) is 0 Å². The third kappa shape index (κ3) is 4.99. The number of likely N-dealkylation sites (tertiary alicyclic amines) is 1. The summed E-state index contributed by atoms with van der Waals surface area (Å²) in [5, 5.41) is 8.92. The van der Waals surface area contributed by atoms with Crippen LogP contribution in [0.1, 0.15) is 24.2 Å². The number of thioether (sulfide) groups is 1. The molecule has 0 bridgehead atoms. The fourth-order valence-corrected chi connectivity index (χ4v) is 5.62. The molecule has 0 N–H and O–H groups in total. The summed E-state index contributed by atoms with van der Waals surface area (Å²) in [5.74, 6) is 0.357. The standard InChI is InChI=1S/C22H24N4O3S2/c1-17-9-11-19(12-10-17)31(28,29)16-20-23-24-22(26(20)18-7-3-2-4-8-18)30-15-21(27)25-13-5-6-14-25/h2-4,7-12H,5-6,13-16H2,1H3. The van der Waals surface area contributed by atoms with Crippen LogP contribution < -0.4 is 0 Å². The highest BCUT2D eigenvalue weighted by atomic mass is 32.2. The number of amides is 1. The number of hydrogen-bond donors (Lipinski definition) is 0. The fraction of sp³-hybridized carbons (Fsp3) is 0.318. The van der Waals surface area contributed by atoms with Gasteiger partial charge < -0.3 is 4.90 Å². The normalized spacial score (nSPS) is 14.2. The van der Waals surface area contributed by atoms with E-state index in [2.05, 4.69) is 10.2 Å². The molecule has 1 aliphatic heterocycles. The number of hydrogen-bond acceptors (Lipinski definition) is 6. The summed E-state index contributed by atoms with van der Waals surface area (Å²) in [4.78, 5) is 14.6. The molecule has 3 aromatic rings. The molecule has 0 spiro atoms. The second kappa shape index (κ2) is 9.23. The number of para-hydroxylation sites is 1. The van der Waals surface area contributed by atoms with Gasteiger partial charge in [0.05, 0.1) is 10.6 Å². The van der Waals surface area contributed by atoms with Crippen molar-refractivity contribution in [2.45, 2.75) is 35.6 Å². The third-order valence-electron chi connectivity index (χ3n) is 5.20. The lowest BCUT2D eigenvalue weighted by Crippen LogP contribution is -2.29. The number of carbonyl (C=O) groups is 1. The molecule has 0 saturated carbocycles. The molecule has 4 rings (SSSR count). The summed E-state index contributed by atoms with van der Waals surface area (Å²) in [6.07, 6.45) is 2.08. The zero-order valence-corrected chi connectivity index (χ0v) is 18.9. The predicted octanol–water partition coefficient (Wildman–Crippen LogP) is 3.26. The zero-order valence-electron chi connectivity index (χ0n) is 17.3. The van der Waals surface area contributed by atoms with Crippen LogP contribution in [0.3, 0.4) is 0 Å². The lowest BCUT2D eigenvalue weighted by atomic mass is 10.2. The van der Waals surface area contributed by atoms with Gasteiger partial charge in [0.1, 0.15) is 5.75 Å². The Hall–Kier alpha value is -2.65. The first-order valence-corrected chi connectivity index (χ1v) is 12.8. The smallest absolute Gasteiger partial charge is 0.233 e. The fourth-order valence-electron chi connectivity index (χ4n) is 3.51. The van der Waals surface area contributed by atoms with Crippen molar-refractivity contribution in [1.29, 1.82) is 0 Å². The van der Waals surface area contributed by atoms with Gasteiger partial charge in [0, 0.05) is 18.8 Å². The van der Waals surface area contributed by atoms with Crippen molar-refractivity contribution < 1.29 is 13.2 Å². The van der Waals surface area contributed by atoms with Crippen LogP contribution in [-0.4, -0.2) is 52.8 Å². The molecule has 0 atom stereocenters. The number of aryl methyl sites for hydroxylation is 1. The maximum atomic E-state index is 13.0. The molecule has 7 nitrogen and oxygen atoms in total. The third-order valence-corrected chi connectivity index (χ3v) is 7.74. The minimum Gasteiger partial charge on any atom is -0.342 e. The number of benzene rings is 2. The van der Waals surface area contributed by atoms with Crippen LogP contribution >= 0.6 is 11.8 Å². The highest BCUT2D eigenvalue weighted by Gasteiger charge is 2.24. The van der Waals surface area contributed by atoms with Gasteiger partial charge in [0.2, 0.25) is 5.91 Å². The van der Waals surface area contributed by atoms with E-state index in [1.54, 1.807) is 28.8 Å². The van der Waals surface area contributed by atoms with E-state index in [9.17, 15) is 13.2 Å². The summed E-state index contributed by atoms with van der Waals surface area (Å²) in [5.41, 5.74) is 1.76. The van der Waals surface area contributed by atoms with E-state index in [1.165, 1.54) is 11.8 Å². The second-order valence-electron chi connectivity index (χ2n) is 7.52. The summed E-state index contributed by atoms with van der Waals surface area (Å²) < 4.78 is 27.7. The molecular weight excluding hydrogens is 432 g/mol. The molecule has 1 aromatic heterocycles. The van der Waals surface area contributed by atoms with Gasteiger partial charge >= 0.3 is 0 Å². The Labute approximate surface area is 186 Å². The van der Waals surface area contributed by atoms with Gasteiger partial charge in [0.15, 0.2) is 20.8 Å². The van der Waals surface area contributed by atoms with E-state index in [0.29, 0.717) is 11.0 Å². The molecule has 2 aromatic carbocycles. The van der Waals surface area contributed by atoms with Crippen LogP contribution in [0.25, 0.3) is 5.69 Å². The SMILES string of the molecule is Cc1ccc(S(=O)(=O)Cc2nnc(SCC(=O)N3CCCC3)n2-c2ccccc2)cc1. The number of carbonyl (C=O) groups excluding carboxylic acids is 1. The monoisotopic (exact) mass is 456 g/mol. The van der Waals surface area contributed by atoms with Gasteiger partial charge in [-0.1, -0.05) is 47.7 Å². The molecule has 9 heteroatoms. The van der Waals surface area contributed by atoms with Gasteiger partial charge in [-0.05, 0) is 44.0 Å². The second-order valence-corrected chi connectivity index (χ2v) is 10.5. The Kier molecular flexibility index (Phi) is 6.43. The lowest BCUT2D eigenvalue weighted by Gasteiger charge is -2.15. The summed E-state index contributed by atoms with van der Waals surface area (Å²) in [6, 6.07) is 16.2. The van der Waals surface area contributed by atoms with Gasteiger partial charge in [-0.2, -0.15) is 0 Å². The Bertz CT molecular complexity index is 1150. The van der Waals surface area contributed by atoms with E-state index < -0.39 is 9.84 Å². The average Bonchev–Trinajstić information content (AvgIpc) is 3.43. The van der Waals surface area contributed by atoms with E-state index >= 15 is 0 Å². The molecule has 0 aliphatic carbocycles. The molecule has 1 saturated heterocycles. The van der Waals surface area contributed by atoms with Crippen LogP contribution in [0.5, 0.6) is 0 Å². The minimum absolute atomic E-state index is 0.0685. The van der Waals surface area contributed by atoms with Crippen LogP contribution in [-0.2, 0) is 20.4 Å². The quantitative estimate of drug-likeness (QED) is 0.508. The molecule has 2 heterocycles. The van der Waals surface area contributed by atoms with Crippen LogP contribution in [0.2, 0.25) is 0 Å². The van der Waals surface area contributed by atoms with E-state index in [0.717, 1.165) is 37.2 Å². The zero-order chi connectivity index (χ0) is 21.8. The highest BCUT2D eigenvalue weighted by molar-refractivity contribution is 7.99. The number of rotatable bonds is 7. The molecule has 1 amide bonds. The highest BCUT2D eigenvalue weighted by Crippen LogP contribution is 2.25. The molecule has 1 aliphatic rings. The minimum atomic E-state index is -3.60. The van der Waals surface area contributed by atoms with E-state index in [-0.39, 0.29) is 22.3 Å². The molecule has 162 valence electrons.